The van der Waals surface area contributed by atoms with Crippen LogP contribution < -0.4 is 0 Å². The van der Waals surface area contributed by atoms with E-state index in [9.17, 15) is 35.7 Å². The Labute approximate surface area is 207 Å². The van der Waals surface area contributed by atoms with Crippen molar-refractivity contribution in [2.24, 2.45) is 0 Å². The van der Waals surface area contributed by atoms with E-state index in [4.69, 9.17) is 18.9 Å². The first-order chi connectivity index (χ1) is 16.8. The van der Waals surface area contributed by atoms with E-state index in [1.54, 1.807) is 0 Å². The van der Waals surface area contributed by atoms with Crippen molar-refractivity contribution in [3.8, 4) is 0 Å². The zero-order chi connectivity index (χ0) is 25.8. The normalized spacial score (nSPS) is 38.1. The molecule has 0 saturated carbocycles. The predicted octanol–water partition coefficient (Wildman–Crippen LogP) is -0.452. The van der Waals surface area contributed by atoms with Crippen LogP contribution in [0.3, 0.4) is 0 Å². The average molecular weight is 511 g/mol. The van der Waals surface area contributed by atoms with Crippen molar-refractivity contribution in [3.63, 3.8) is 0 Å². The van der Waals surface area contributed by atoms with E-state index in [0.717, 1.165) is 19.3 Å². The standard InChI is InChI=1S/C24H46O11/c1-2-3-4-5-6-7-8-9-10-11-12-32-23-21(31)19(29)22(16(14-26)34-23)35-24-20(30)18(28)17(27)15(13-25)33-24/h15-31H,2-14H2,1H3/t15?,16?,17-,18-,19?,20?,21+,22-,23-,24-/m1/s1. The summed E-state index contributed by atoms with van der Waals surface area (Å²) in [5.41, 5.74) is 0. The lowest BCUT2D eigenvalue weighted by Gasteiger charge is -2.45. The van der Waals surface area contributed by atoms with Crippen LogP contribution in [-0.2, 0) is 18.9 Å². The number of ether oxygens (including phenoxy) is 4. The number of rotatable bonds is 16. The van der Waals surface area contributed by atoms with E-state index < -0.39 is 74.6 Å². The predicted molar refractivity (Wildman–Crippen MR) is 124 cm³/mol. The van der Waals surface area contributed by atoms with Crippen LogP contribution >= 0.6 is 0 Å². The molecule has 0 aromatic rings. The first kappa shape index (κ1) is 30.8. The highest BCUT2D eigenvalue weighted by atomic mass is 16.7. The summed E-state index contributed by atoms with van der Waals surface area (Å²) in [5.74, 6) is 0. The van der Waals surface area contributed by atoms with E-state index in [-0.39, 0.29) is 0 Å². The SMILES string of the molecule is CCCCCCCCCCCCO[C@@H]1OC(CO)[C@@H](O[C@H]2OC(CO)[C@@H](O)[C@@H](O)C2O)C(O)[C@@H]1O. The van der Waals surface area contributed by atoms with Gasteiger partial charge in [0.25, 0.3) is 0 Å². The van der Waals surface area contributed by atoms with Crippen molar-refractivity contribution in [3.05, 3.63) is 0 Å². The third-order valence-corrected chi connectivity index (χ3v) is 6.74. The van der Waals surface area contributed by atoms with E-state index >= 15 is 0 Å². The summed E-state index contributed by atoms with van der Waals surface area (Å²) in [6.45, 7) is 1.31. The largest absolute Gasteiger partial charge is 0.394 e. The van der Waals surface area contributed by atoms with Gasteiger partial charge < -0.3 is 54.7 Å². The minimum atomic E-state index is -1.69. The lowest BCUT2D eigenvalue weighted by atomic mass is 9.97. The van der Waals surface area contributed by atoms with Gasteiger partial charge in [0, 0.05) is 6.61 Å². The molecular formula is C24H46O11. The molecule has 35 heavy (non-hydrogen) atoms. The number of aliphatic hydroxyl groups excluding tert-OH is 7. The van der Waals surface area contributed by atoms with Gasteiger partial charge in [-0.3, -0.25) is 0 Å². The fraction of sp³-hybridized carbons (Fsp3) is 1.00. The molecule has 2 heterocycles. The third-order valence-electron chi connectivity index (χ3n) is 6.74. The fourth-order valence-corrected chi connectivity index (χ4v) is 4.48. The van der Waals surface area contributed by atoms with E-state index in [2.05, 4.69) is 6.92 Å². The Morgan fingerprint density at radius 2 is 1.09 bits per heavy atom. The first-order valence-electron chi connectivity index (χ1n) is 13.1. The molecule has 0 aromatic heterocycles. The van der Waals surface area contributed by atoms with Crippen LogP contribution in [-0.4, -0.2) is 117 Å². The van der Waals surface area contributed by atoms with Crippen molar-refractivity contribution in [1.82, 2.24) is 0 Å². The van der Waals surface area contributed by atoms with Gasteiger partial charge in [0.1, 0.15) is 48.8 Å². The Morgan fingerprint density at radius 1 is 0.571 bits per heavy atom. The van der Waals surface area contributed by atoms with Gasteiger partial charge in [-0.15, -0.1) is 0 Å². The monoisotopic (exact) mass is 510 g/mol. The molecule has 2 fully saturated rings. The maximum Gasteiger partial charge on any atom is 0.187 e. The Bertz CT molecular complexity index is 550. The van der Waals surface area contributed by atoms with Crippen LogP contribution in [0, 0.1) is 0 Å². The molecule has 208 valence electrons. The van der Waals surface area contributed by atoms with Crippen molar-refractivity contribution < 1.29 is 54.7 Å². The molecule has 0 bridgehead atoms. The zero-order valence-electron chi connectivity index (χ0n) is 20.7. The van der Waals surface area contributed by atoms with Crippen molar-refractivity contribution in [2.75, 3.05) is 19.8 Å². The number of hydrogen-bond acceptors (Lipinski definition) is 11. The second-order valence-electron chi connectivity index (χ2n) is 9.56. The van der Waals surface area contributed by atoms with E-state index in [1.165, 1.54) is 44.9 Å². The van der Waals surface area contributed by atoms with E-state index in [1.807, 2.05) is 0 Å². The molecule has 0 amide bonds. The molecule has 4 unspecified atom stereocenters. The molecule has 0 radical (unpaired) electrons. The second-order valence-corrected chi connectivity index (χ2v) is 9.56. The number of hydrogen-bond donors (Lipinski definition) is 7. The minimum absolute atomic E-state index is 0.321. The molecular weight excluding hydrogens is 464 g/mol. The van der Waals surface area contributed by atoms with Gasteiger partial charge in [-0.25, -0.2) is 0 Å². The van der Waals surface area contributed by atoms with Gasteiger partial charge in [-0.1, -0.05) is 64.7 Å². The first-order valence-corrected chi connectivity index (χ1v) is 13.1. The molecule has 11 nitrogen and oxygen atoms in total. The smallest absolute Gasteiger partial charge is 0.187 e. The molecule has 11 heteroatoms. The summed E-state index contributed by atoms with van der Waals surface area (Å²) in [6, 6.07) is 0. The van der Waals surface area contributed by atoms with Crippen LogP contribution in [0.4, 0.5) is 0 Å². The van der Waals surface area contributed by atoms with Crippen LogP contribution in [0.25, 0.3) is 0 Å². The fourth-order valence-electron chi connectivity index (χ4n) is 4.48. The highest BCUT2D eigenvalue weighted by Crippen LogP contribution is 2.29. The van der Waals surface area contributed by atoms with Gasteiger partial charge in [-0.2, -0.15) is 0 Å². The molecule has 2 aliphatic heterocycles. The minimum Gasteiger partial charge on any atom is -0.394 e. The molecule has 10 atom stereocenters. The van der Waals surface area contributed by atoms with E-state index in [0.29, 0.717) is 6.61 Å². The lowest BCUT2D eigenvalue weighted by Crippen LogP contribution is -2.64. The molecule has 0 spiro atoms. The van der Waals surface area contributed by atoms with Crippen LogP contribution in [0.2, 0.25) is 0 Å². The summed E-state index contributed by atoms with van der Waals surface area (Å²) in [7, 11) is 0. The van der Waals surface area contributed by atoms with Crippen molar-refractivity contribution >= 4 is 0 Å². The molecule has 2 aliphatic rings. The summed E-state index contributed by atoms with van der Waals surface area (Å²) < 4.78 is 22.0. The zero-order valence-corrected chi connectivity index (χ0v) is 20.7. The highest BCUT2D eigenvalue weighted by Gasteiger charge is 2.50. The quantitative estimate of drug-likeness (QED) is 0.134. The Hall–Kier alpha value is -0.440. The van der Waals surface area contributed by atoms with Crippen LogP contribution in [0.15, 0.2) is 0 Å². The molecule has 7 N–H and O–H groups in total. The number of aliphatic hydroxyl groups is 7. The van der Waals surface area contributed by atoms with Crippen LogP contribution in [0.1, 0.15) is 71.1 Å². The molecule has 2 saturated heterocycles. The summed E-state index contributed by atoms with van der Waals surface area (Å²) >= 11 is 0. The summed E-state index contributed by atoms with van der Waals surface area (Å²) in [4.78, 5) is 0. The maximum atomic E-state index is 10.6. The second kappa shape index (κ2) is 16.4. The average Bonchev–Trinajstić information content (AvgIpc) is 2.86. The third kappa shape index (κ3) is 9.11. The van der Waals surface area contributed by atoms with Gasteiger partial charge in [-0.05, 0) is 6.42 Å². The van der Waals surface area contributed by atoms with Gasteiger partial charge in [0.15, 0.2) is 12.6 Å². The van der Waals surface area contributed by atoms with Crippen LogP contribution in [0.5, 0.6) is 0 Å². The lowest BCUT2D eigenvalue weighted by molar-refractivity contribution is -0.359. The van der Waals surface area contributed by atoms with Gasteiger partial charge >= 0.3 is 0 Å². The summed E-state index contributed by atoms with van der Waals surface area (Å²) in [5, 5.41) is 70.1. The van der Waals surface area contributed by atoms with Crippen molar-refractivity contribution in [1.29, 1.82) is 0 Å². The van der Waals surface area contributed by atoms with Gasteiger partial charge in [0.2, 0.25) is 0 Å². The van der Waals surface area contributed by atoms with Gasteiger partial charge in [0.05, 0.1) is 13.2 Å². The Morgan fingerprint density at radius 3 is 1.66 bits per heavy atom. The summed E-state index contributed by atoms with van der Waals surface area (Å²) in [6.07, 6.45) is -2.63. The maximum absolute atomic E-state index is 10.6. The Kier molecular flexibility index (Phi) is 14.4. The highest BCUT2D eigenvalue weighted by molar-refractivity contribution is 4.94. The molecule has 0 aromatic carbocycles. The topological polar surface area (TPSA) is 179 Å². The molecule has 2 rings (SSSR count). The van der Waals surface area contributed by atoms with Crippen molar-refractivity contribution in [2.45, 2.75) is 133 Å². The molecule has 0 aliphatic carbocycles. The number of unbranched alkanes of at least 4 members (excludes halogenated alkanes) is 9. The Balaban J connectivity index is 1.74.